The molecule has 0 N–H and O–H groups in total. The molecule has 0 aliphatic heterocycles. The minimum atomic E-state index is -0.592. The molecule has 106 valence electrons. The molecule has 0 aliphatic rings. The van der Waals surface area contributed by atoms with Crippen LogP contribution >= 0.6 is 33.9 Å². The third-order valence-electron chi connectivity index (χ3n) is 2.28. The Morgan fingerprint density at radius 2 is 2.10 bits per heavy atom. The summed E-state index contributed by atoms with van der Waals surface area (Å²) >= 11 is 3.38. The van der Waals surface area contributed by atoms with Gasteiger partial charge in [0.25, 0.3) is 0 Å². The van der Waals surface area contributed by atoms with Gasteiger partial charge < -0.3 is 4.74 Å². The summed E-state index contributed by atoms with van der Waals surface area (Å²) in [4.78, 5) is 17.0. The van der Waals surface area contributed by atoms with Gasteiger partial charge in [-0.3, -0.25) is 0 Å². The van der Waals surface area contributed by atoms with Crippen molar-refractivity contribution < 1.29 is 13.9 Å². The van der Waals surface area contributed by atoms with Crippen molar-refractivity contribution in [2.45, 2.75) is 26.4 Å². The maximum atomic E-state index is 13.3. The molecule has 3 nitrogen and oxygen atoms in total. The average Bonchev–Trinajstić information content (AvgIpc) is 2.69. The van der Waals surface area contributed by atoms with Crippen LogP contribution in [0.2, 0.25) is 0 Å². The van der Waals surface area contributed by atoms with E-state index in [9.17, 15) is 9.18 Å². The molecule has 0 atom stereocenters. The molecule has 20 heavy (non-hydrogen) atoms. The zero-order valence-corrected chi connectivity index (χ0v) is 14.2. The Kier molecular flexibility index (Phi) is 4.43. The monoisotopic (exact) mass is 405 g/mol. The van der Waals surface area contributed by atoms with Crippen molar-refractivity contribution in [2.24, 2.45) is 0 Å². The Balaban J connectivity index is 2.43. The Hall–Kier alpha value is -1.02. The number of rotatable bonds is 2. The minimum Gasteiger partial charge on any atom is -0.455 e. The van der Waals surface area contributed by atoms with E-state index in [-0.39, 0.29) is 11.5 Å². The van der Waals surface area contributed by atoms with Crippen LogP contribution in [0.25, 0.3) is 10.4 Å². The third-order valence-corrected chi connectivity index (χ3v) is 4.07. The molecule has 0 saturated carbocycles. The van der Waals surface area contributed by atoms with Gasteiger partial charge in [-0.05, 0) is 61.1 Å². The van der Waals surface area contributed by atoms with E-state index >= 15 is 0 Å². The maximum Gasteiger partial charge on any atom is 0.359 e. The molecule has 6 heteroatoms. The van der Waals surface area contributed by atoms with Gasteiger partial charge in [-0.25, -0.2) is 14.2 Å². The van der Waals surface area contributed by atoms with E-state index in [0.29, 0.717) is 13.5 Å². The predicted molar refractivity (Wildman–Crippen MR) is 85.4 cm³/mol. The van der Waals surface area contributed by atoms with Gasteiger partial charge in [-0.2, -0.15) is 0 Å². The molecular weight excluding hydrogens is 392 g/mol. The van der Waals surface area contributed by atoms with Gasteiger partial charge in [0.15, 0.2) is 8.71 Å². The number of carbonyl (C=O) groups excluding carboxylic acids is 1. The van der Waals surface area contributed by atoms with E-state index in [1.807, 2.05) is 22.6 Å². The van der Waals surface area contributed by atoms with Crippen LogP contribution < -0.4 is 0 Å². The SMILES string of the molecule is CC(C)(C)OC(=O)c1nc(I)sc1-c1cccc(F)c1. The highest BCUT2D eigenvalue weighted by Gasteiger charge is 2.24. The van der Waals surface area contributed by atoms with Crippen LogP contribution in [-0.4, -0.2) is 16.6 Å². The molecule has 1 aromatic carbocycles. The fourth-order valence-electron chi connectivity index (χ4n) is 1.58. The molecule has 0 aliphatic carbocycles. The fourth-order valence-corrected chi connectivity index (χ4v) is 3.26. The number of carbonyl (C=O) groups is 1. The fraction of sp³-hybridized carbons (Fsp3) is 0.286. The van der Waals surface area contributed by atoms with Crippen LogP contribution in [0, 0.1) is 8.83 Å². The molecule has 1 aromatic heterocycles. The van der Waals surface area contributed by atoms with Crippen LogP contribution in [0.4, 0.5) is 4.39 Å². The van der Waals surface area contributed by atoms with Gasteiger partial charge >= 0.3 is 5.97 Å². The summed E-state index contributed by atoms with van der Waals surface area (Å²) in [6, 6.07) is 6.11. The van der Waals surface area contributed by atoms with Gasteiger partial charge in [0.05, 0.1) is 4.88 Å². The summed E-state index contributed by atoms with van der Waals surface area (Å²) in [5.74, 6) is -0.836. The molecule has 0 fully saturated rings. The van der Waals surface area contributed by atoms with Crippen LogP contribution in [0.3, 0.4) is 0 Å². The first-order chi connectivity index (χ1) is 9.26. The summed E-state index contributed by atoms with van der Waals surface area (Å²) in [5.41, 5.74) is 0.275. The molecule has 0 bridgehead atoms. The molecule has 0 radical (unpaired) electrons. The largest absolute Gasteiger partial charge is 0.455 e. The number of ether oxygens (including phenoxy) is 1. The second kappa shape index (κ2) is 5.77. The van der Waals surface area contributed by atoms with Crippen LogP contribution in [-0.2, 0) is 4.74 Å². The van der Waals surface area contributed by atoms with Crippen molar-refractivity contribution in [2.75, 3.05) is 0 Å². The smallest absolute Gasteiger partial charge is 0.359 e. The van der Waals surface area contributed by atoms with E-state index in [1.54, 1.807) is 32.9 Å². The van der Waals surface area contributed by atoms with E-state index in [1.165, 1.54) is 23.5 Å². The highest BCUT2D eigenvalue weighted by molar-refractivity contribution is 14.1. The standard InChI is InChI=1S/C14H13FINO2S/c1-14(2,3)19-12(18)10-11(20-13(16)17-10)8-5-4-6-9(15)7-8/h4-7H,1-3H3. The average molecular weight is 405 g/mol. The van der Waals surface area contributed by atoms with Crippen molar-refractivity contribution >= 4 is 39.9 Å². The second-order valence-corrected chi connectivity index (χ2v) is 7.91. The molecule has 0 saturated heterocycles. The summed E-state index contributed by atoms with van der Waals surface area (Å²) in [6.45, 7) is 5.39. The zero-order valence-electron chi connectivity index (χ0n) is 11.2. The van der Waals surface area contributed by atoms with Crippen molar-refractivity contribution in [1.82, 2.24) is 4.98 Å². The Morgan fingerprint density at radius 3 is 2.70 bits per heavy atom. The number of thiazole rings is 1. The van der Waals surface area contributed by atoms with Crippen molar-refractivity contribution in [3.8, 4) is 10.4 Å². The van der Waals surface area contributed by atoms with Crippen LogP contribution in [0.1, 0.15) is 31.3 Å². The highest BCUT2D eigenvalue weighted by atomic mass is 127. The minimum absolute atomic E-state index is 0.236. The number of esters is 1. The molecular formula is C14H13FINO2S. The van der Waals surface area contributed by atoms with Crippen molar-refractivity contribution in [1.29, 1.82) is 0 Å². The first kappa shape index (κ1) is 15.4. The lowest BCUT2D eigenvalue weighted by Crippen LogP contribution is -2.24. The molecule has 2 rings (SSSR count). The summed E-state index contributed by atoms with van der Waals surface area (Å²) in [7, 11) is 0. The van der Waals surface area contributed by atoms with Crippen molar-refractivity contribution in [3.05, 3.63) is 38.8 Å². The lowest BCUT2D eigenvalue weighted by atomic mass is 10.1. The number of benzene rings is 1. The number of nitrogens with zero attached hydrogens (tertiary/aromatic N) is 1. The topological polar surface area (TPSA) is 39.2 Å². The van der Waals surface area contributed by atoms with Crippen molar-refractivity contribution in [3.63, 3.8) is 0 Å². The normalized spacial score (nSPS) is 11.4. The van der Waals surface area contributed by atoms with Crippen LogP contribution in [0.5, 0.6) is 0 Å². The van der Waals surface area contributed by atoms with Gasteiger partial charge in [0, 0.05) is 0 Å². The Morgan fingerprint density at radius 1 is 1.40 bits per heavy atom. The van der Waals surface area contributed by atoms with E-state index in [0.717, 1.165) is 0 Å². The number of halogens is 2. The first-order valence-corrected chi connectivity index (χ1v) is 7.81. The molecule has 0 spiro atoms. The Bertz CT molecular complexity index is 649. The lowest BCUT2D eigenvalue weighted by Gasteiger charge is -2.19. The van der Waals surface area contributed by atoms with Gasteiger partial charge in [-0.1, -0.05) is 12.1 Å². The highest BCUT2D eigenvalue weighted by Crippen LogP contribution is 2.32. The third kappa shape index (κ3) is 3.76. The zero-order chi connectivity index (χ0) is 14.9. The maximum absolute atomic E-state index is 13.3. The van der Waals surface area contributed by atoms with Gasteiger partial charge in [-0.15, -0.1) is 11.3 Å². The Labute approximate surface area is 134 Å². The summed E-state index contributed by atoms with van der Waals surface area (Å²) < 4.78 is 19.4. The molecule has 0 unspecified atom stereocenters. The number of hydrogen-bond acceptors (Lipinski definition) is 4. The summed E-state index contributed by atoms with van der Waals surface area (Å²) in [5, 5.41) is 0. The van der Waals surface area contributed by atoms with E-state index < -0.39 is 11.6 Å². The quantitative estimate of drug-likeness (QED) is 0.545. The van der Waals surface area contributed by atoms with Gasteiger partial charge in [0.1, 0.15) is 11.4 Å². The second-order valence-electron chi connectivity index (χ2n) is 5.16. The lowest BCUT2D eigenvalue weighted by molar-refractivity contribution is 0.00645. The van der Waals surface area contributed by atoms with Crippen LogP contribution in [0.15, 0.2) is 24.3 Å². The first-order valence-electron chi connectivity index (χ1n) is 5.92. The molecule has 0 amide bonds. The number of hydrogen-bond donors (Lipinski definition) is 0. The predicted octanol–water partition coefficient (Wildman–Crippen LogP) is 4.51. The molecule has 1 heterocycles. The van der Waals surface area contributed by atoms with E-state index in [4.69, 9.17) is 4.74 Å². The summed E-state index contributed by atoms with van der Waals surface area (Å²) in [6.07, 6.45) is 0. The van der Waals surface area contributed by atoms with Gasteiger partial charge in [0.2, 0.25) is 0 Å². The molecule has 2 aromatic rings. The van der Waals surface area contributed by atoms with E-state index in [2.05, 4.69) is 4.98 Å². The number of aromatic nitrogens is 1.